The van der Waals surface area contributed by atoms with Gasteiger partial charge in [-0.25, -0.2) is 33.4 Å². The molecule has 0 amide bonds. The Morgan fingerprint density at radius 1 is 1.09 bits per heavy atom. The molecule has 0 aromatic carbocycles. The van der Waals surface area contributed by atoms with E-state index in [0.717, 1.165) is 24.1 Å². The lowest BCUT2D eigenvalue weighted by Crippen LogP contribution is -2.65. The van der Waals surface area contributed by atoms with Gasteiger partial charge in [0, 0.05) is 31.1 Å². The maximum atomic E-state index is 12.8. The SMILES string of the molecule is CC[C@H]1N(c2cnc(C(F)(F)F)nc2)C[C@]12CCN(c1cnc3cnn(CC(F)F)c3n1)C2. The average Bonchev–Trinajstić information content (AvgIpc) is 3.37. The fourth-order valence-electron chi connectivity index (χ4n) is 5.06. The Morgan fingerprint density at radius 2 is 1.85 bits per heavy atom. The van der Waals surface area contributed by atoms with Gasteiger partial charge in [0.1, 0.15) is 17.9 Å². The van der Waals surface area contributed by atoms with Gasteiger partial charge >= 0.3 is 6.18 Å². The van der Waals surface area contributed by atoms with Crippen LogP contribution in [0.1, 0.15) is 25.6 Å². The highest BCUT2D eigenvalue weighted by Gasteiger charge is 2.55. The molecule has 3 aromatic rings. The highest BCUT2D eigenvalue weighted by Crippen LogP contribution is 2.49. The second-order valence-corrected chi connectivity index (χ2v) is 8.50. The van der Waals surface area contributed by atoms with Gasteiger partial charge in [-0.1, -0.05) is 6.92 Å². The lowest BCUT2D eigenvalue weighted by atomic mass is 9.69. The number of fused-ring (bicyclic) bond motifs is 1. The summed E-state index contributed by atoms with van der Waals surface area (Å²) in [5.74, 6) is -0.553. The van der Waals surface area contributed by atoms with Gasteiger partial charge in [-0.15, -0.1) is 0 Å². The van der Waals surface area contributed by atoms with Crippen LogP contribution >= 0.6 is 0 Å². The van der Waals surface area contributed by atoms with Gasteiger partial charge in [0.25, 0.3) is 6.43 Å². The molecule has 0 N–H and O–H groups in total. The molecule has 2 fully saturated rings. The van der Waals surface area contributed by atoms with Crippen LogP contribution in [-0.2, 0) is 12.7 Å². The molecule has 5 heterocycles. The minimum Gasteiger partial charge on any atom is -0.365 e. The summed E-state index contributed by atoms with van der Waals surface area (Å²) < 4.78 is 65.1. The van der Waals surface area contributed by atoms with Gasteiger partial charge in [-0.3, -0.25) is 0 Å². The Hall–Kier alpha value is -3.12. The third-order valence-electron chi connectivity index (χ3n) is 6.53. The summed E-state index contributed by atoms with van der Waals surface area (Å²) in [4.78, 5) is 20.0. The lowest BCUT2D eigenvalue weighted by molar-refractivity contribution is -0.145. The second-order valence-electron chi connectivity index (χ2n) is 8.50. The fourth-order valence-corrected chi connectivity index (χ4v) is 5.06. The van der Waals surface area contributed by atoms with Gasteiger partial charge in [0.15, 0.2) is 5.65 Å². The zero-order valence-corrected chi connectivity index (χ0v) is 17.7. The molecule has 0 radical (unpaired) electrons. The van der Waals surface area contributed by atoms with Crippen molar-refractivity contribution in [1.29, 1.82) is 0 Å². The molecule has 2 saturated heterocycles. The summed E-state index contributed by atoms with van der Waals surface area (Å²) in [5, 5.41) is 3.95. The minimum atomic E-state index is -4.57. The molecule has 0 unspecified atom stereocenters. The molecule has 3 aromatic heterocycles. The van der Waals surface area contributed by atoms with Gasteiger partial charge in [-0.05, 0) is 12.8 Å². The highest BCUT2D eigenvalue weighted by atomic mass is 19.4. The zero-order chi connectivity index (χ0) is 23.4. The van der Waals surface area contributed by atoms with E-state index in [1.165, 1.54) is 18.6 Å². The molecular weight excluding hydrogens is 447 g/mol. The third-order valence-corrected chi connectivity index (χ3v) is 6.53. The van der Waals surface area contributed by atoms with E-state index in [1.54, 1.807) is 6.20 Å². The number of nitrogens with zero attached hydrogens (tertiary/aromatic N) is 8. The second kappa shape index (κ2) is 7.73. The van der Waals surface area contributed by atoms with Crippen molar-refractivity contribution in [3.63, 3.8) is 0 Å². The van der Waals surface area contributed by atoms with Crippen LogP contribution in [0.4, 0.5) is 33.5 Å². The number of rotatable bonds is 5. The van der Waals surface area contributed by atoms with Crippen LogP contribution in [0.2, 0.25) is 0 Å². The molecular formula is C20H21F5N8. The molecule has 0 saturated carbocycles. The van der Waals surface area contributed by atoms with Crippen molar-refractivity contribution < 1.29 is 22.0 Å². The van der Waals surface area contributed by atoms with E-state index in [1.807, 2.05) is 11.8 Å². The summed E-state index contributed by atoms with van der Waals surface area (Å²) in [6, 6.07) is 0.115. The summed E-state index contributed by atoms with van der Waals surface area (Å²) in [5.41, 5.74) is 1.28. The van der Waals surface area contributed by atoms with Crippen LogP contribution in [0.3, 0.4) is 0 Å². The van der Waals surface area contributed by atoms with E-state index < -0.39 is 25.0 Å². The van der Waals surface area contributed by atoms with Crippen molar-refractivity contribution in [1.82, 2.24) is 29.7 Å². The molecule has 8 nitrogen and oxygen atoms in total. The fraction of sp³-hybridized carbons (Fsp3) is 0.550. The first-order valence-electron chi connectivity index (χ1n) is 10.6. The first-order valence-corrected chi connectivity index (χ1v) is 10.6. The first-order chi connectivity index (χ1) is 15.7. The Balaban J connectivity index is 1.33. The smallest absolute Gasteiger partial charge is 0.365 e. The zero-order valence-electron chi connectivity index (χ0n) is 17.7. The molecule has 5 rings (SSSR count). The van der Waals surface area contributed by atoms with Crippen molar-refractivity contribution >= 4 is 22.7 Å². The van der Waals surface area contributed by atoms with Crippen LogP contribution in [0, 0.1) is 5.41 Å². The number of hydrogen-bond acceptors (Lipinski definition) is 7. The highest BCUT2D eigenvalue weighted by molar-refractivity contribution is 5.71. The largest absolute Gasteiger partial charge is 0.451 e. The van der Waals surface area contributed by atoms with Crippen molar-refractivity contribution in [2.45, 2.75) is 45.0 Å². The molecule has 2 aliphatic heterocycles. The van der Waals surface area contributed by atoms with Crippen molar-refractivity contribution in [2.24, 2.45) is 5.41 Å². The lowest BCUT2D eigenvalue weighted by Gasteiger charge is -2.57. The minimum absolute atomic E-state index is 0.0582. The number of aromatic nitrogens is 6. The van der Waals surface area contributed by atoms with Crippen molar-refractivity contribution in [3.05, 3.63) is 30.6 Å². The predicted molar refractivity (Wildman–Crippen MR) is 109 cm³/mol. The van der Waals surface area contributed by atoms with Gasteiger partial charge in [0.2, 0.25) is 5.82 Å². The van der Waals surface area contributed by atoms with E-state index in [-0.39, 0.29) is 11.5 Å². The van der Waals surface area contributed by atoms with Crippen molar-refractivity contribution in [3.8, 4) is 0 Å². The number of halogens is 5. The topological polar surface area (TPSA) is 75.9 Å². The van der Waals surface area contributed by atoms with Crippen LogP contribution in [0.5, 0.6) is 0 Å². The van der Waals surface area contributed by atoms with Gasteiger partial charge in [0.05, 0.1) is 30.5 Å². The monoisotopic (exact) mass is 468 g/mol. The molecule has 0 bridgehead atoms. The summed E-state index contributed by atoms with van der Waals surface area (Å²) >= 11 is 0. The number of hydrogen-bond donors (Lipinski definition) is 0. The molecule has 0 aliphatic carbocycles. The average molecular weight is 468 g/mol. The molecule has 1 spiro atoms. The third kappa shape index (κ3) is 3.72. The molecule has 2 aliphatic rings. The standard InChI is InChI=1S/C20H21F5N8/c1-2-14-19(11-32(14)12-5-27-18(28-6-12)20(23,24)25)3-4-31(10-19)16-8-26-13-7-29-33(9-15(21)22)17(13)30-16/h5-8,14-15H,2-4,9-11H2,1H3/t14-,19-/m1/s1. The Bertz CT molecular complexity index is 1150. The van der Waals surface area contributed by atoms with E-state index in [2.05, 4.69) is 29.9 Å². The Labute approximate surface area is 185 Å². The maximum Gasteiger partial charge on any atom is 0.451 e. The number of alkyl halides is 5. The summed E-state index contributed by atoms with van der Waals surface area (Å²) in [6.07, 6.45) is 0.0511. The van der Waals surface area contributed by atoms with E-state index >= 15 is 0 Å². The van der Waals surface area contributed by atoms with Crippen LogP contribution < -0.4 is 9.80 Å². The molecule has 13 heteroatoms. The van der Waals surface area contributed by atoms with Crippen molar-refractivity contribution in [2.75, 3.05) is 29.4 Å². The normalized spacial score (nSPS) is 23.2. The van der Waals surface area contributed by atoms with Gasteiger partial charge < -0.3 is 9.80 Å². The van der Waals surface area contributed by atoms with Crippen LogP contribution in [-0.4, -0.2) is 61.8 Å². The van der Waals surface area contributed by atoms with E-state index in [4.69, 9.17) is 0 Å². The first kappa shape index (κ1) is 21.7. The summed E-state index contributed by atoms with van der Waals surface area (Å²) in [6.45, 7) is 3.56. The quantitative estimate of drug-likeness (QED) is 0.532. The van der Waals surface area contributed by atoms with E-state index in [9.17, 15) is 22.0 Å². The molecule has 33 heavy (non-hydrogen) atoms. The van der Waals surface area contributed by atoms with E-state index in [0.29, 0.717) is 35.8 Å². The Kier molecular flexibility index (Phi) is 5.09. The van der Waals surface area contributed by atoms with Gasteiger partial charge in [-0.2, -0.15) is 18.3 Å². The number of anilines is 2. The van der Waals surface area contributed by atoms with Crippen LogP contribution in [0.25, 0.3) is 11.2 Å². The maximum absolute atomic E-state index is 12.8. The Morgan fingerprint density at radius 3 is 2.52 bits per heavy atom. The molecule has 176 valence electrons. The van der Waals surface area contributed by atoms with Crippen LogP contribution in [0.15, 0.2) is 24.8 Å². The predicted octanol–water partition coefficient (Wildman–Crippen LogP) is 3.40. The summed E-state index contributed by atoms with van der Waals surface area (Å²) in [7, 11) is 0. The molecule has 2 atom stereocenters.